The van der Waals surface area contributed by atoms with E-state index in [1.807, 2.05) is 0 Å². The molecular weight excluding hydrogens is 289 g/mol. The number of hydrogen-bond acceptors (Lipinski definition) is 3. The van der Waals surface area contributed by atoms with Crippen molar-refractivity contribution in [3.8, 4) is 0 Å². The quantitative estimate of drug-likeness (QED) is 0.671. The molecule has 0 atom stereocenters. The van der Waals surface area contributed by atoms with Gasteiger partial charge in [0.25, 0.3) is 17.0 Å². The molecule has 3 rings (SSSR count). The maximum atomic E-state index is 13.1. The number of carbonyl (C=O) groups excluding carboxylic acids is 1. The van der Waals surface area contributed by atoms with Crippen LogP contribution >= 0.6 is 0 Å². The van der Waals surface area contributed by atoms with Crippen molar-refractivity contribution < 1.29 is 9.18 Å². The topological polar surface area (TPSA) is 94.8 Å². The lowest BCUT2D eigenvalue weighted by molar-refractivity contribution is 0.102. The van der Waals surface area contributed by atoms with Crippen LogP contribution in [0.4, 0.5) is 10.1 Å². The predicted molar refractivity (Wildman–Crippen MR) is 79.5 cm³/mol. The summed E-state index contributed by atoms with van der Waals surface area (Å²) >= 11 is 0. The molecule has 0 aliphatic heterocycles. The maximum absolute atomic E-state index is 13.1. The molecule has 0 saturated heterocycles. The molecule has 0 radical (unpaired) electrons. The van der Waals surface area contributed by atoms with Crippen LogP contribution in [0.25, 0.3) is 10.8 Å². The minimum Gasteiger partial charge on any atom is -0.322 e. The van der Waals surface area contributed by atoms with Gasteiger partial charge in [-0.25, -0.2) is 4.39 Å². The molecule has 3 aromatic rings. The van der Waals surface area contributed by atoms with Gasteiger partial charge in [-0.2, -0.15) is 0 Å². The van der Waals surface area contributed by atoms with E-state index in [9.17, 15) is 18.8 Å². The summed E-state index contributed by atoms with van der Waals surface area (Å²) in [6.07, 6.45) is 0. The number of aromatic amines is 2. The number of rotatable bonds is 2. The van der Waals surface area contributed by atoms with Crippen LogP contribution in [-0.4, -0.2) is 16.1 Å². The summed E-state index contributed by atoms with van der Waals surface area (Å²) in [6, 6.07) is 9.55. The molecule has 0 aliphatic rings. The molecule has 1 heterocycles. The largest absolute Gasteiger partial charge is 0.322 e. The summed E-state index contributed by atoms with van der Waals surface area (Å²) in [7, 11) is 0. The Morgan fingerprint density at radius 3 is 2.41 bits per heavy atom. The minimum absolute atomic E-state index is 0.153. The van der Waals surface area contributed by atoms with E-state index in [0.29, 0.717) is 5.69 Å². The Bertz CT molecular complexity index is 991. The summed E-state index contributed by atoms with van der Waals surface area (Å²) < 4.78 is 13.1. The van der Waals surface area contributed by atoms with Gasteiger partial charge in [0.1, 0.15) is 5.82 Å². The van der Waals surface area contributed by atoms with Crippen LogP contribution in [0.5, 0.6) is 0 Å². The van der Waals surface area contributed by atoms with Gasteiger partial charge >= 0.3 is 0 Å². The van der Waals surface area contributed by atoms with Gasteiger partial charge in [0.05, 0.1) is 10.8 Å². The first-order chi connectivity index (χ1) is 10.5. The molecule has 1 amide bonds. The van der Waals surface area contributed by atoms with Gasteiger partial charge in [0.15, 0.2) is 0 Å². The second-order valence-electron chi connectivity index (χ2n) is 4.63. The summed E-state index contributed by atoms with van der Waals surface area (Å²) in [5.41, 5.74) is -0.424. The molecule has 0 saturated carbocycles. The average molecular weight is 299 g/mol. The Morgan fingerprint density at radius 1 is 0.955 bits per heavy atom. The van der Waals surface area contributed by atoms with Gasteiger partial charge in [-0.15, -0.1) is 0 Å². The van der Waals surface area contributed by atoms with Crippen LogP contribution < -0.4 is 16.4 Å². The van der Waals surface area contributed by atoms with Crippen molar-refractivity contribution in [1.29, 1.82) is 0 Å². The standard InChI is InChI=1S/C15H10FN3O3/c16-9-3-1-2-8(6-9)13(20)17-10-4-5-11-12(7-10)15(22)19-18-14(11)21/h1-7H,(H,17,20)(H,18,21)(H,19,22). The van der Waals surface area contributed by atoms with Crippen molar-refractivity contribution in [2.45, 2.75) is 0 Å². The number of nitrogens with one attached hydrogen (secondary N) is 3. The average Bonchev–Trinajstić information content (AvgIpc) is 2.51. The number of carbonyl (C=O) groups is 1. The molecule has 1 aromatic heterocycles. The number of aromatic nitrogens is 2. The van der Waals surface area contributed by atoms with E-state index >= 15 is 0 Å². The fourth-order valence-corrected chi connectivity index (χ4v) is 2.09. The van der Waals surface area contributed by atoms with E-state index in [1.54, 1.807) is 0 Å². The van der Waals surface area contributed by atoms with Crippen LogP contribution in [0.3, 0.4) is 0 Å². The van der Waals surface area contributed by atoms with Crippen LogP contribution in [-0.2, 0) is 0 Å². The Balaban J connectivity index is 1.98. The van der Waals surface area contributed by atoms with Crippen molar-refractivity contribution in [1.82, 2.24) is 10.2 Å². The zero-order chi connectivity index (χ0) is 15.7. The number of halogens is 1. The zero-order valence-corrected chi connectivity index (χ0v) is 11.1. The van der Waals surface area contributed by atoms with Crippen molar-refractivity contribution in [2.24, 2.45) is 0 Å². The third-order valence-corrected chi connectivity index (χ3v) is 3.14. The highest BCUT2D eigenvalue weighted by atomic mass is 19.1. The monoisotopic (exact) mass is 299 g/mol. The summed E-state index contributed by atoms with van der Waals surface area (Å²) in [4.78, 5) is 35.3. The first kappa shape index (κ1) is 13.7. The van der Waals surface area contributed by atoms with Gasteiger partial charge < -0.3 is 5.32 Å². The third-order valence-electron chi connectivity index (χ3n) is 3.14. The maximum Gasteiger partial charge on any atom is 0.270 e. The van der Waals surface area contributed by atoms with E-state index < -0.39 is 22.8 Å². The lowest BCUT2D eigenvalue weighted by Gasteiger charge is -2.06. The molecule has 0 fully saturated rings. The molecule has 110 valence electrons. The summed E-state index contributed by atoms with van der Waals surface area (Å²) in [5, 5.41) is 7.34. The normalized spacial score (nSPS) is 10.6. The van der Waals surface area contributed by atoms with Crippen LogP contribution in [0.15, 0.2) is 52.1 Å². The van der Waals surface area contributed by atoms with Gasteiger partial charge in [-0.1, -0.05) is 6.07 Å². The van der Waals surface area contributed by atoms with Crippen molar-refractivity contribution >= 4 is 22.4 Å². The molecular formula is C15H10FN3O3. The summed E-state index contributed by atoms with van der Waals surface area (Å²) in [6.45, 7) is 0. The van der Waals surface area contributed by atoms with Crippen molar-refractivity contribution in [3.63, 3.8) is 0 Å². The number of H-pyrrole nitrogens is 2. The third kappa shape index (κ3) is 2.51. The Morgan fingerprint density at radius 2 is 1.68 bits per heavy atom. The lowest BCUT2D eigenvalue weighted by Crippen LogP contribution is -2.19. The highest BCUT2D eigenvalue weighted by Crippen LogP contribution is 2.14. The fourth-order valence-electron chi connectivity index (χ4n) is 2.09. The molecule has 3 N–H and O–H groups in total. The minimum atomic E-state index is -0.519. The number of fused-ring (bicyclic) bond motifs is 1. The van der Waals surface area contributed by atoms with Crippen LogP contribution in [0.1, 0.15) is 10.4 Å². The van der Waals surface area contributed by atoms with Crippen molar-refractivity contribution in [3.05, 3.63) is 74.6 Å². The van der Waals surface area contributed by atoms with Gasteiger partial charge in [0, 0.05) is 11.3 Å². The van der Waals surface area contributed by atoms with Gasteiger partial charge in [0.2, 0.25) is 0 Å². The first-order valence-corrected chi connectivity index (χ1v) is 6.36. The van der Waals surface area contributed by atoms with Crippen LogP contribution in [0.2, 0.25) is 0 Å². The molecule has 7 heteroatoms. The molecule has 0 spiro atoms. The van der Waals surface area contributed by atoms with E-state index in [1.165, 1.54) is 36.4 Å². The molecule has 0 unspecified atom stereocenters. The second-order valence-corrected chi connectivity index (χ2v) is 4.63. The molecule has 2 aromatic carbocycles. The lowest BCUT2D eigenvalue weighted by atomic mass is 10.1. The molecule has 0 aliphatic carbocycles. The Hall–Kier alpha value is -3.22. The fraction of sp³-hybridized carbons (Fsp3) is 0. The highest BCUT2D eigenvalue weighted by molar-refractivity contribution is 6.05. The Kier molecular flexibility index (Phi) is 3.30. The Labute approximate surface area is 122 Å². The number of benzene rings is 2. The SMILES string of the molecule is O=C(Nc1ccc2c(=O)[nH][nH]c(=O)c2c1)c1cccc(F)c1. The number of hydrogen-bond donors (Lipinski definition) is 3. The van der Waals surface area contributed by atoms with Gasteiger partial charge in [-0.05, 0) is 36.4 Å². The van der Waals surface area contributed by atoms with Gasteiger partial charge in [-0.3, -0.25) is 24.6 Å². The van der Waals surface area contributed by atoms with Crippen molar-refractivity contribution in [2.75, 3.05) is 5.32 Å². The van der Waals surface area contributed by atoms with E-state index in [-0.39, 0.29) is 16.3 Å². The summed E-state index contributed by atoms with van der Waals surface area (Å²) in [5.74, 6) is -1.03. The molecule has 6 nitrogen and oxygen atoms in total. The highest BCUT2D eigenvalue weighted by Gasteiger charge is 2.09. The molecule has 0 bridgehead atoms. The predicted octanol–water partition coefficient (Wildman–Crippen LogP) is 1.61. The van der Waals surface area contributed by atoms with Crippen LogP contribution in [0, 0.1) is 5.82 Å². The number of anilines is 1. The molecule has 22 heavy (non-hydrogen) atoms. The van der Waals surface area contributed by atoms with E-state index in [4.69, 9.17) is 0 Å². The first-order valence-electron chi connectivity index (χ1n) is 6.36. The van der Waals surface area contributed by atoms with E-state index in [0.717, 1.165) is 6.07 Å². The van der Waals surface area contributed by atoms with E-state index in [2.05, 4.69) is 15.5 Å². The number of amides is 1. The second kappa shape index (κ2) is 5.28. The zero-order valence-electron chi connectivity index (χ0n) is 11.1. The smallest absolute Gasteiger partial charge is 0.270 e.